The largest absolute Gasteiger partial charge is 0.324 e. The summed E-state index contributed by atoms with van der Waals surface area (Å²) in [5, 5.41) is 2.75. The van der Waals surface area contributed by atoms with Gasteiger partial charge in [0.05, 0.1) is 6.04 Å². The lowest BCUT2D eigenvalue weighted by molar-refractivity contribution is -0.117. The van der Waals surface area contributed by atoms with Crippen LogP contribution in [0.1, 0.15) is 5.56 Å². The van der Waals surface area contributed by atoms with E-state index in [2.05, 4.69) is 5.32 Å². The van der Waals surface area contributed by atoms with E-state index in [1.54, 1.807) is 0 Å². The van der Waals surface area contributed by atoms with Crippen LogP contribution < -0.4 is 11.1 Å². The van der Waals surface area contributed by atoms with E-state index < -0.39 is 0 Å². The SMILES string of the molecule is N[C@H]1Cc2ccccc2NC1=O. The summed E-state index contributed by atoms with van der Waals surface area (Å²) in [6.07, 6.45) is 0.641. The first-order valence-electron chi connectivity index (χ1n) is 3.92. The van der Waals surface area contributed by atoms with Crippen LogP contribution in [0.5, 0.6) is 0 Å². The van der Waals surface area contributed by atoms with Gasteiger partial charge in [-0.2, -0.15) is 0 Å². The minimum absolute atomic E-state index is 0.0892. The standard InChI is InChI=1S/C9H10N2O/c10-7-5-6-3-1-2-4-8(6)11-9(7)12/h1-4,7H,5,10H2,(H,11,12)/t7-/m0/s1. The molecule has 3 heteroatoms. The van der Waals surface area contributed by atoms with Crippen molar-refractivity contribution in [2.75, 3.05) is 5.32 Å². The van der Waals surface area contributed by atoms with Crippen LogP contribution >= 0.6 is 0 Å². The number of nitrogens with two attached hydrogens (primary N) is 1. The van der Waals surface area contributed by atoms with Gasteiger partial charge in [-0.15, -0.1) is 0 Å². The molecule has 1 aromatic rings. The number of rotatable bonds is 0. The van der Waals surface area contributed by atoms with Crippen molar-refractivity contribution in [2.24, 2.45) is 5.73 Å². The second-order valence-electron chi connectivity index (χ2n) is 2.96. The fourth-order valence-corrected chi connectivity index (χ4v) is 1.38. The van der Waals surface area contributed by atoms with Gasteiger partial charge < -0.3 is 11.1 Å². The fraction of sp³-hybridized carbons (Fsp3) is 0.222. The van der Waals surface area contributed by atoms with Gasteiger partial charge in [-0.3, -0.25) is 4.79 Å². The highest BCUT2D eigenvalue weighted by molar-refractivity contribution is 5.97. The Morgan fingerprint density at radius 1 is 1.42 bits per heavy atom. The number of fused-ring (bicyclic) bond motifs is 1. The number of hydrogen-bond donors (Lipinski definition) is 2. The smallest absolute Gasteiger partial charge is 0.241 e. The molecule has 12 heavy (non-hydrogen) atoms. The van der Waals surface area contributed by atoms with E-state index in [-0.39, 0.29) is 11.9 Å². The highest BCUT2D eigenvalue weighted by atomic mass is 16.2. The molecule has 0 saturated heterocycles. The molecule has 0 unspecified atom stereocenters. The second kappa shape index (κ2) is 2.60. The summed E-state index contributed by atoms with van der Waals surface area (Å²) < 4.78 is 0. The molecule has 3 nitrogen and oxygen atoms in total. The number of benzene rings is 1. The van der Waals surface area contributed by atoms with Gasteiger partial charge in [-0.25, -0.2) is 0 Å². The van der Waals surface area contributed by atoms with Gasteiger partial charge in [0.1, 0.15) is 0 Å². The Kier molecular flexibility index (Phi) is 1.59. The molecule has 0 radical (unpaired) electrons. The second-order valence-corrected chi connectivity index (χ2v) is 2.96. The van der Waals surface area contributed by atoms with E-state index in [0.717, 1.165) is 11.3 Å². The molecule has 1 atom stereocenters. The van der Waals surface area contributed by atoms with Crippen molar-refractivity contribution in [2.45, 2.75) is 12.5 Å². The van der Waals surface area contributed by atoms with Crippen molar-refractivity contribution < 1.29 is 4.79 Å². The maximum Gasteiger partial charge on any atom is 0.241 e. The first-order valence-corrected chi connectivity index (χ1v) is 3.92. The average Bonchev–Trinajstić information content (AvgIpc) is 2.07. The van der Waals surface area contributed by atoms with Gasteiger partial charge in [0, 0.05) is 5.69 Å². The van der Waals surface area contributed by atoms with Crippen molar-refractivity contribution >= 4 is 11.6 Å². The van der Waals surface area contributed by atoms with Crippen LogP contribution in [0.2, 0.25) is 0 Å². The molecule has 0 bridgehead atoms. The normalized spacial score (nSPS) is 21.4. The maximum absolute atomic E-state index is 11.1. The van der Waals surface area contributed by atoms with Crippen molar-refractivity contribution in [3.63, 3.8) is 0 Å². The predicted octanol–water partition coefficient (Wildman–Crippen LogP) is 0.508. The molecular formula is C9H10N2O. The van der Waals surface area contributed by atoms with E-state index in [4.69, 9.17) is 5.73 Å². The third-order valence-corrected chi connectivity index (χ3v) is 2.05. The molecule has 0 fully saturated rings. The Morgan fingerprint density at radius 3 is 3.00 bits per heavy atom. The van der Waals surface area contributed by atoms with E-state index >= 15 is 0 Å². The van der Waals surface area contributed by atoms with E-state index in [9.17, 15) is 4.79 Å². The average molecular weight is 162 g/mol. The van der Waals surface area contributed by atoms with E-state index in [1.807, 2.05) is 24.3 Å². The zero-order valence-corrected chi connectivity index (χ0v) is 6.58. The molecule has 1 amide bonds. The number of carbonyl (C=O) groups excluding carboxylic acids is 1. The first-order chi connectivity index (χ1) is 5.77. The lowest BCUT2D eigenvalue weighted by atomic mass is 10.00. The van der Waals surface area contributed by atoms with Crippen LogP contribution in [0.4, 0.5) is 5.69 Å². The quantitative estimate of drug-likeness (QED) is 0.584. The minimum Gasteiger partial charge on any atom is -0.324 e. The Hall–Kier alpha value is -1.35. The van der Waals surface area contributed by atoms with E-state index in [1.165, 1.54) is 0 Å². The zero-order valence-electron chi connectivity index (χ0n) is 6.58. The Morgan fingerprint density at radius 2 is 2.17 bits per heavy atom. The number of amides is 1. The summed E-state index contributed by atoms with van der Waals surface area (Å²) in [6, 6.07) is 7.33. The van der Waals surface area contributed by atoms with Crippen molar-refractivity contribution in [3.05, 3.63) is 29.8 Å². The van der Waals surface area contributed by atoms with Crippen LogP contribution in [0.25, 0.3) is 0 Å². The molecule has 1 aliphatic heterocycles. The molecule has 0 spiro atoms. The Balaban J connectivity index is 2.40. The van der Waals surface area contributed by atoms with Gasteiger partial charge in [0.25, 0.3) is 0 Å². The van der Waals surface area contributed by atoms with Crippen LogP contribution in [0.15, 0.2) is 24.3 Å². The van der Waals surface area contributed by atoms with Gasteiger partial charge in [-0.05, 0) is 18.1 Å². The molecule has 1 heterocycles. The van der Waals surface area contributed by atoms with Crippen LogP contribution in [-0.2, 0) is 11.2 Å². The number of para-hydroxylation sites is 1. The number of carbonyl (C=O) groups is 1. The molecule has 1 aromatic carbocycles. The van der Waals surface area contributed by atoms with Gasteiger partial charge in [-0.1, -0.05) is 18.2 Å². The summed E-state index contributed by atoms with van der Waals surface area (Å²) >= 11 is 0. The summed E-state index contributed by atoms with van der Waals surface area (Å²) in [5.74, 6) is -0.0892. The lowest BCUT2D eigenvalue weighted by Crippen LogP contribution is -2.40. The van der Waals surface area contributed by atoms with E-state index in [0.29, 0.717) is 6.42 Å². The molecule has 0 aromatic heterocycles. The predicted molar refractivity (Wildman–Crippen MR) is 46.8 cm³/mol. The number of nitrogens with one attached hydrogen (secondary N) is 1. The van der Waals surface area contributed by atoms with Gasteiger partial charge in [0.15, 0.2) is 0 Å². The third kappa shape index (κ3) is 1.08. The number of hydrogen-bond acceptors (Lipinski definition) is 2. The highest BCUT2D eigenvalue weighted by Crippen LogP contribution is 2.20. The van der Waals surface area contributed by atoms with Crippen LogP contribution in [0.3, 0.4) is 0 Å². The molecule has 0 saturated carbocycles. The fourth-order valence-electron chi connectivity index (χ4n) is 1.38. The minimum atomic E-state index is -0.389. The summed E-state index contributed by atoms with van der Waals surface area (Å²) in [4.78, 5) is 11.1. The third-order valence-electron chi connectivity index (χ3n) is 2.05. The Labute approximate surface area is 70.6 Å². The van der Waals surface area contributed by atoms with Gasteiger partial charge >= 0.3 is 0 Å². The van der Waals surface area contributed by atoms with Crippen LogP contribution in [0, 0.1) is 0 Å². The molecule has 2 rings (SSSR count). The monoisotopic (exact) mass is 162 g/mol. The molecular weight excluding hydrogens is 152 g/mol. The van der Waals surface area contributed by atoms with Crippen molar-refractivity contribution in [1.82, 2.24) is 0 Å². The Bertz CT molecular complexity index is 322. The lowest BCUT2D eigenvalue weighted by Gasteiger charge is -2.21. The summed E-state index contributed by atoms with van der Waals surface area (Å²) in [7, 11) is 0. The summed E-state index contributed by atoms with van der Waals surface area (Å²) in [5.41, 5.74) is 7.59. The van der Waals surface area contributed by atoms with Gasteiger partial charge in [0.2, 0.25) is 5.91 Å². The maximum atomic E-state index is 11.1. The first kappa shape index (κ1) is 7.31. The zero-order chi connectivity index (χ0) is 8.55. The van der Waals surface area contributed by atoms with Crippen molar-refractivity contribution in [3.8, 4) is 0 Å². The van der Waals surface area contributed by atoms with Crippen LogP contribution in [-0.4, -0.2) is 11.9 Å². The number of anilines is 1. The molecule has 3 N–H and O–H groups in total. The molecule has 0 aliphatic carbocycles. The highest BCUT2D eigenvalue weighted by Gasteiger charge is 2.21. The molecule has 1 aliphatic rings. The summed E-state index contributed by atoms with van der Waals surface area (Å²) in [6.45, 7) is 0. The topological polar surface area (TPSA) is 55.1 Å². The van der Waals surface area contributed by atoms with Crippen molar-refractivity contribution in [1.29, 1.82) is 0 Å². The molecule has 62 valence electrons.